The number of carbonyl (C=O) groups excluding carboxylic acids is 1. The number of hydrogen-bond acceptors (Lipinski definition) is 2. The Balaban J connectivity index is 2.05. The molecule has 4 heteroatoms. The summed E-state index contributed by atoms with van der Waals surface area (Å²) in [6.07, 6.45) is 3.27. The van der Waals surface area contributed by atoms with Crippen LogP contribution >= 0.6 is 15.9 Å². The van der Waals surface area contributed by atoms with Crippen molar-refractivity contribution in [2.24, 2.45) is 0 Å². The van der Waals surface area contributed by atoms with Crippen molar-refractivity contribution >= 4 is 33.6 Å². The molecule has 1 N–H and O–H groups in total. The molecule has 0 spiro atoms. The van der Waals surface area contributed by atoms with Crippen LogP contribution in [0, 0.1) is 6.92 Å². The van der Waals surface area contributed by atoms with Crippen LogP contribution in [0.2, 0.25) is 0 Å². The lowest BCUT2D eigenvalue weighted by molar-refractivity contribution is -0.111. The Morgan fingerprint density at radius 3 is 2.76 bits per heavy atom. The van der Waals surface area contributed by atoms with E-state index in [1.165, 1.54) is 6.08 Å². The molecule has 0 radical (unpaired) electrons. The molecular formula is C17H16BrNO2. The van der Waals surface area contributed by atoms with Gasteiger partial charge in [0.05, 0.1) is 7.11 Å². The molecule has 21 heavy (non-hydrogen) atoms. The topological polar surface area (TPSA) is 38.3 Å². The van der Waals surface area contributed by atoms with Crippen LogP contribution in [0.5, 0.6) is 5.75 Å². The summed E-state index contributed by atoms with van der Waals surface area (Å²) in [5.41, 5.74) is 2.73. The number of ether oxygens (including phenoxy) is 1. The molecule has 0 saturated carbocycles. The van der Waals surface area contributed by atoms with Crippen molar-refractivity contribution in [3.63, 3.8) is 0 Å². The number of nitrogens with one attached hydrogen (secondary N) is 1. The molecule has 0 aliphatic carbocycles. The lowest BCUT2D eigenvalue weighted by Crippen LogP contribution is -2.08. The summed E-state index contributed by atoms with van der Waals surface area (Å²) >= 11 is 3.40. The van der Waals surface area contributed by atoms with Gasteiger partial charge in [0.25, 0.3) is 0 Å². The Morgan fingerprint density at radius 1 is 1.24 bits per heavy atom. The van der Waals surface area contributed by atoms with Gasteiger partial charge in [-0.05, 0) is 54.5 Å². The molecule has 0 aromatic heterocycles. The third kappa shape index (κ3) is 4.46. The van der Waals surface area contributed by atoms with E-state index in [9.17, 15) is 4.79 Å². The van der Waals surface area contributed by atoms with Crippen LogP contribution in [-0.4, -0.2) is 13.0 Å². The summed E-state index contributed by atoms with van der Waals surface area (Å²) in [6, 6.07) is 13.3. The van der Waals surface area contributed by atoms with Crippen molar-refractivity contribution < 1.29 is 9.53 Å². The molecule has 2 aromatic rings. The predicted molar refractivity (Wildman–Crippen MR) is 89.5 cm³/mol. The zero-order valence-electron chi connectivity index (χ0n) is 11.9. The molecular weight excluding hydrogens is 330 g/mol. The van der Waals surface area contributed by atoms with Crippen molar-refractivity contribution in [2.75, 3.05) is 12.4 Å². The van der Waals surface area contributed by atoms with Crippen LogP contribution < -0.4 is 10.1 Å². The highest BCUT2D eigenvalue weighted by molar-refractivity contribution is 9.10. The fraction of sp³-hybridized carbons (Fsp3) is 0.118. The molecule has 0 unspecified atom stereocenters. The quantitative estimate of drug-likeness (QED) is 0.833. The van der Waals surface area contributed by atoms with E-state index in [-0.39, 0.29) is 5.91 Å². The first-order chi connectivity index (χ1) is 10.1. The van der Waals surface area contributed by atoms with Gasteiger partial charge >= 0.3 is 0 Å². The molecule has 0 atom stereocenters. The summed E-state index contributed by atoms with van der Waals surface area (Å²) in [5.74, 6) is 0.601. The second-order valence-corrected chi connectivity index (χ2v) is 5.47. The van der Waals surface area contributed by atoms with Crippen LogP contribution in [0.4, 0.5) is 5.69 Å². The van der Waals surface area contributed by atoms with Gasteiger partial charge in [0.1, 0.15) is 5.75 Å². The van der Waals surface area contributed by atoms with Crippen molar-refractivity contribution in [2.45, 2.75) is 6.92 Å². The van der Waals surface area contributed by atoms with E-state index in [0.717, 1.165) is 27.0 Å². The lowest BCUT2D eigenvalue weighted by atomic mass is 10.2. The SMILES string of the molecule is COc1cccc(/C=C/C(=O)Nc2ccc(Br)cc2C)c1. The van der Waals surface area contributed by atoms with Gasteiger partial charge in [-0.15, -0.1) is 0 Å². The fourth-order valence-corrected chi connectivity index (χ4v) is 2.33. The van der Waals surface area contributed by atoms with E-state index in [4.69, 9.17) is 4.74 Å². The van der Waals surface area contributed by atoms with Gasteiger partial charge in [-0.25, -0.2) is 0 Å². The van der Waals surface area contributed by atoms with Gasteiger partial charge in [-0.2, -0.15) is 0 Å². The number of anilines is 1. The van der Waals surface area contributed by atoms with Crippen LogP contribution in [0.15, 0.2) is 53.0 Å². The number of aryl methyl sites for hydroxylation is 1. The lowest BCUT2D eigenvalue weighted by Gasteiger charge is -2.06. The molecule has 1 amide bonds. The normalized spacial score (nSPS) is 10.6. The molecule has 3 nitrogen and oxygen atoms in total. The maximum Gasteiger partial charge on any atom is 0.248 e. The van der Waals surface area contributed by atoms with Gasteiger partial charge in [0, 0.05) is 16.2 Å². The van der Waals surface area contributed by atoms with Gasteiger partial charge in [0.2, 0.25) is 5.91 Å². The van der Waals surface area contributed by atoms with Crippen molar-refractivity contribution in [1.82, 2.24) is 0 Å². The zero-order valence-corrected chi connectivity index (χ0v) is 13.5. The maximum atomic E-state index is 11.9. The minimum Gasteiger partial charge on any atom is -0.497 e. The molecule has 0 heterocycles. The number of methoxy groups -OCH3 is 1. The summed E-state index contributed by atoms with van der Waals surface area (Å²) in [7, 11) is 1.62. The highest BCUT2D eigenvalue weighted by atomic mass is 79.9. The average molecular weight is 346 g/mol. The van der Waals surface area contributed by atoms with Crippen molar-refractivity contribution in [3.8, 4) is 5.75 Å². The standard InChI is InChI=1S/C17H16BrNO2/c1-12-10-14(18)7-8-16(12)19-17(20)9-6-13-4-3-5-15(11-13)21-2/h3-11H,1-2H3,(H,19,20)/b9-6+. The third-order valence-corrected chi connectivity index (χ3v) is 3.46. The van der Waals surface area contributed by atoms with Crippen LogP contribution in [0.1, 0.15) is 11.1 Å². The fourth-order valence-electron chi connectivity index (χ4n) is 1.86. The minimum atomic E-state index is -0.164. The number of halogens is 1. The van der Waals surface area contributed by atoms with Crippen LogP contribution in [0.25, 0.3) is 6.08 Å². The van der Waals surface area contributed by atoms with E-state index < -0.39 is 0 Å². The predicted octanol–water partition coefficient (Wildman–Crippen LogP) is 4.42. The van der Waals surface area contributed by atoms with E-state index in [2.05, 4.69) is 21.2 Å². The highest BCUT2D eigenvalue weighted by Crippen LogP contribution is 2.20. The first kappa shape index (κ1) is 15.3. The number of benzene rings is 2. The molecule has 0 aliphatic heterocycles. The number of hydrogen-bond donors (Lipinski definition) is 1. The highest BCUT2D eigenvalue weighted by Gasteiger charge is 2.02. The Bertz CT molecular complexity index is 680. The summed E-state index contributed by atoms with van der Waals surface area (Å²) in [4.78, 5) is 11.9. The van der Waals surface area contributed by atoms with Gasteiger partial charge in [0.15, 0.2) is 0 Å². The van der Waals surface area contributed by atoms with E-state index in [1.54, 1.807) is 13.2 Å². The Labute approximate surface area is 132 Å². The summed E-state index contributed by atoms with van der Waals surface area (Å²) in [6.45, 7) is 1.95. The average Bonchev–Trinajstić information content (AvgIpc) is 2.48. The van der Waals surface area contributed by atoms with Gasteiger partial charge in [-0.1, -0.05) is 28.1 Å². The van der Waals surface area contributed by atoms with Gasteiger partial charge < -0.3 is 10.1 Å². The molecule has 0 fully saturated rings. The smallest absolute Gasteiger partial charge is 0.248 e. The Kier molecular flexibility index (Phi) is 5.17. The maximum absolute atomic E-state index is 11.9. The Hall–Kier alpha value is -2.07. The van der Waals surface area contributed by atoms with E-state index in [0.29, 0.717) is 0 Å². The molecule has 2 rings (SSSR count). The number of rotatable bonds is 4. The zero-order chi connectivity index (χ0) is 15.2. The second kappa shape index (κ2) is 7.09. The number of amides is 1. The van der Waals surface area contributed by atoms with Crippen LogP contribution in [0.3, 0.4) is 0 Å². The summed E-state index contributed by atoms with van der Waals surface area (Å²) in [5, 5.41) is 2.86. The van der Waals surface area contributed by atoms with E-state index >= 15 is 0 Å². The minimum absolute atomic E-state index is 0.164. The molecule has 0 saturated heterocycles. The van der Waals surface area contributed by atoms with Crippen molar-refractivity contribution in [1.29, 1.82) is 0 Å². The molecule has 0 aliphatic rings. The van der Waals surface area contributed by atoms with Crippen molar-refractivity contribution in [3.05, 3.63) is 64.1 Å². The number of carbonyl (C=O) groups is 1. The molecule has 108 valence electrons. The van der Waals surface area contributed by atoms with E-state index in [1.807, 2.05) is 49.4 Å². The molecule has 2 aromatic carbocycles. The monoisotopic (exact) mass is 345 g/mol. The second-order valence-electron chi connectivity index (χ2n) is 4.56. The first-order valence-electron chi connectivity index (χ1n) is 6.48. The van der Waals surface area contributed by atoms with Gasteiger partial charge in [-0.3, -0.25) is 4.79 Å². The first-order valence-corrected chi connectivity index (χ1v) is 7.27. The largest absolute Gasteiger partial charge is 0.497 e. The Morgan fingerprint density at radius 2 is 2.05 bits per heavy atom. The third-order valence-electron chi connectivity index (χ3n) is 2.97. The molecule has 0 bridgehead atoms. The van der Waals surface area contributed by atoms with Crippen LogP contribution in [-0.2, 0) is 4.79 Å². The summed E-state index contributed by atoms with van der Waals surface area (Å²) < 4.78 is 6.14.